The molecule has 2 N–H and O–H groups in total. The van der Waals surface area contributed by atoms with Crippen molar-refractivity contribution in [1.82, 2.24) is 0 Å². The molecule has 0 atom stereocenters. The average molecular weight is 305 g/mol. The first kappa shape index (κ1) is 15.4. The summed E-state index contributed by atoms with van der Waals surface area (Å²) in [6.45, 7) is 0.336. The highest BCUT2D eigenvalue weighted by Gasteiger charge is 2.11. The molecule has 112 valence electrons. The van der Waals surface area contributed by atoms with Gasteiger partial charge in [-0.25, -0.2) is 8.42 Å². The minimum atomic E-state index is -3.11. The Morgan fingerprint density at radius 1 is 0.952 bits per heavy atom. The third kappa shape index (κ3) is 5.11. The lowest BCUT2D eigenvalue weighted by Gasteiger charge is -2.09. The van der Waals surface area contributed by atoms with Crippen molar-refractivity contribution in [2.45, 2.75) is 12.2 Å². The molecule has 2 aromatic carbocycles. The maximum Gasteiger partial charge on any atom is 0.154 e. The van der Waals surface area contributed by atoms with E-state index >= 15 is 0 Å². The normalized spacial score (nSPS) is 11.2. The number of nitrogen functional groups attached to an aromatic ring is 1. The summed E-state index contributed by atoms with van der Waals surface area (Å²) in [5.74, 6) is 0.772. The Balaban J connectivity index is 1.79. The van der Waals surface area contributed by atoms with E-state index in [4.69, 9.17) is 10.5 Å². The number of rotatable bonds is 7. The van der Waals surface area contributed by atoms with E-state index in [-0.39, 0.29) is 11.5 Å². The fraction of sp³-hybridized carbons (Fsp3) is 0.250. The zero-order chi connectivity index (χ0) is 15.1. The van der Waals surface area contributed by atoms with Crippen LogP contribution in [0.2, 0.25) is 0 Å². The van der Waals surface area contributed by atoms with Crippen LogP contribution in [0.3, 0.4) is 0 Å². The van der Waals surface area contributed by atoms with Crippen molar-refractivity contribution in [3.05, 3.63) is 60.2 Å². The predicted molar refractivity (Wildman–Crippen MR) is 84.9 cm³/mol. The quantitative estimate of drug-likeness (QED) is 0.630. The molecule has 0 aromatic heterocycles. The molecule has 2 aromatic rings. The Labute approximate surface area is 125 Å². The fourth-order valence-electron chi connectivity index (χ4n) is 1.97. The van der Waals surface area contributed by atoms with Gasteiger partial charge in [-0.3, -0.25) is 0 Å². The molecule has 0 amide bonds. The summed E-state index contributed by atoms with van der Waals surface area (Å²) in [6.07, 6.45) is 0.448. The van der Waals surface area contributed by atoms with Gasteiger partial charge in [-0.05, 0) is 24.1 Å². The van der Waals surface area contributed by atoms with Gasteiger partial charge in [-0.15, -0.1) is 0 Å². The van der Waals surface area contributed by atoms with Gasteiger partial charge >= 0.3 is 0 Å². The predicted octanol–water partition coefficient (Wildman–Crippen LogP) is 2.65. The van der Waals surface area contributed by atoms with E-state index in [1.807, 2.05) is 42.5 Å². The number of anilines is 1. The molecular formula is C16H19NO3S. The van der Waals surface area contributed by atoms with Crippen molar-refractivity contribution >= 4 is 15.5 Å². The van der Waals surface area contributed by atoms with Crippen molar-refractivity contribution in [3.63, 3.8) is 0 Å². The minimum Gasteiger partial charge on any atom is -0.491 e. The Hall–Kier alpha value is -2.01. The summed E-state index contributed by atoms with van der Waals surface area (Å²) in [6, 6.07) is 16.4. The Kier molecular flexibility index (Phi) is 5.22. The van der Waals surface area contributed by atoms with Crippen LogP contribution in [-0.4, -0.2) is 20.8 Å². The lowest BCUT2D eigenvalue weighted by molar-refractivity contribution is 0.319. The van der Waals surface area contributed by atoms with Gasteiger partial charge in [0, 0.05) is 0 Å². The number of hydrogen-bond donors (Lipinski definition) is 1. The zero-order valence-electron chi connectivity index (χ0n) is 11.7. The molecule has 5 heteroatoms. The zero-order valence-corrected chi connectivity index (χ0v) is 12.6. The highest BCUT2D eigenvalue weighted by atomic mass is 32.2. The van der Waals surface area contributed by atoms with Crippen LogP contribution >= 0.6 is 0 Å². The maximum absolute atomic E-state index is 12.0. The molecule has 4 nitrogen and oxygen atoms in total. The molecule has 0 aliphatic heterocycles. The molecule has 21 heavy (non-hydrogen) atoms. The topological polar surface area (TPSA) is 69.4 Å². The molecule has 0 spiro atoms. The number of ether oxygens (including phenoxy) is 1. The van der Waals surface area contributed by atoms with Gasteiger partial charge in [0.2, 0.25) is 0 Å². The van der Waals surface area contributed by atoms with E-state index in [2.05, 4.69) is 0 Å². The van der Waals surface area contributed by atoms with Gasteiger partial charge in [-0.2, -0.15) is 0 Å². The number of sulfone groups is 1. The van der Waals surface area contributed by atoms with E-state index < -0.39 is 9.84 Å². The molecule has 0 saturated heterocycles. The molecule has 0 saturated carbocycles. The van der Waals surface area contributed by atoms with Crippen LogP contribution in [0.1, 0.15) is 12.0 Å². The van der Waals surface area contributed by atoms with Crippen molar-refractivity contribution in [2.75, 3.05) is 18.1 Å². The Bertz CT molecular complexity index is 669. The van der Waals surface area contributed by atoms with Crippen molar-refractivity contribution < 1.29 is 13.2 Å². The van der Waals surface area contributed by atoms with Gasteiger partial charge in [0.15, 0.2) is 9.84 Å². The highest BCUT2D eigenvalue weighted by molar-refractivity contribution is 7.90. The number of benzene rings is 2. The molecular weight excluding hydrogens is 286 g/mol. The van der Waals surface area contributed by atoms with E-state index in [1.165, 1.54) is 0 Å². The van der Waals surface area contributed by atoms with Gasteiger partial charge in [-0.1, -0.05) is 42.5 Å². The summed E-state index contributed by atoms with van der Waals surface area (Å²) in [4.78, 5) is 0. The van der Waals surface area contributed by atoms with Crippen LogP contribution in [-0.2, 0) is 15.6 Å². The SMILES string of the molecule is Nc1ccccc1OCCCS(=O)(=O)Cc1ccccc1. The van der Waals surface area contributed by atoms with Crippen molar-refractivity contribution in [1.29, 1.82) is 0 Å². The van der Waals surface area contributed by atoms with Crippen LogP contribution in [0.5, 0.6) is 5.75 Å². The number of hydrogen-bond acceptors (Lipinski definition) is 4. The summed E-state index contributed by atoms with van der Waals surface area (Å²) in [7, 11) is -3.11. The standard InChI is InChI=1S/C16H19NO3S/c17-15-9-4-5-10-16(15)20-11-6-12-21(18,19)13-14-7-2-1-3-8-14/h1-5,7-10H,6,11-13,17H2. The second-order valence-corrected chi connectivity index (χ2v) is 7.00. The maximum atomic E-state index is 12.0. The lowest BCUT2D eigenvalue weighted by atomic mass is 10.2. The van der Waals surface area contributed by atoms with E-state index in [0.717, 1.165) is 5.56 Å². The summed E-state index contributed by atoms with van der Waals surface area (Å²) in [5.41, 5.74) is 7.12. The van der Waals surface area contributed by atoms with Crippen LogP contribution in [0.25, 0.3) is 0 Å². The first-order valence-electron chi connectivity index (χ1n) is 6.78. The molecule has 0 fully saturated rings. The molecule has 0 heterocycles. The monoisotopic (exact) mass is 305 g/mol. The fourth-order valence-corrected chi connectivity index (χ4v) is 3.38. The second kappa shape index (κ2) is 7.13. The van der Waals surface area contributed by atoms with E-state index in [9.17, 15) is 8.42 Å². The van der Waals surface area contributed by atoms with Crippen LogP contribution < -0.4 is 10.5 Å². The molecule has 0 unspecified atom stereocenters. The minimum absolute atomic E-state index is 0.0707. The molecule has 0 aliphatic rings. The van der Waals surface area contributed by atoms with Gasteiger partial charge in [0.1, 0.15) is 5.75 Å². The van der Waals surface area contributed by atoms with Gasteiger partial charge < -0.3 is 10.5 Å². The summed E-state index contributed by atoms with van der Waals surface area (Å²) < 4.78 is 29.5. The van der Waals surface area contributed by atoms with Crippen molar-refractivity contribution in [3.8, 4) is 5.75 Å². The first-order chi connectivity index (χ1) is 10.1. The number of nitrogens with two attached hydrogens (primary N) is 1. The molecule has 0 radical (unpaired) electrons. The molecule has 0 aliphatic carbocycles. The van der Waals surface area contributed by atoms with Gasteiger partial charge in [0.25, 0.3) is 0 Å². The molecule has 2 rings (SSSR count). The number of para-hydroxylation sites is 2. The first-order valence-corrected chi connectivity index (χ1v) is 8.61. The summed E-state index contributed by atoms with van der Waals surface area (Å²) >= 11 is 0. The third-order valence-electron chi connectivity index (χ3n) is 3.01. The van der Waals surface area contributed by atoms with E-state index in [0.29, 0.717) is 24.5 Å². The Morgan fingerprint density at radius 3 is 2.33 bits per heavy atom. The van der Waals surface area contributed by atoms with Gasteiger partial charge in [0.05, 0.1) is 23.8 Å². The smallest absolute Gasteiger partial charge is 0.154 e. The van der Waals surface area contributed by atoms with Crippen molar-refractivity contribution in [2.24, 2.45) is 0 Å². The van der Waals surface area contributed by atoms with E-state index in [1.54, 1.807) is 12.1 Å². The average Bonchev–Trinajstić information content (AvgIpc) is 2.46. The van der Waals surface area contributed by atoms with Crippen LogP contribution in [0.4, 0.5) is 5.69 Å². The highest BCUT2D eigenvalue weighted by Crippen LogP contribution is 2.19. The molecule has 0 bridgehead atoms. The Morgan fingerprint density at radius 2 is 1.62 bits per heavy atom. The summed E-state index contributed by atoms with van der Waals surface area (Å²) in [5, 5.41) is 0. The van der Waals surface area contributed by atoms with Crippen LogP contribution in [0, 0.1) is 0 Å². The third-order valence-corrected chi connectivity index (χ3v) is 4.69. The second-order valence-electron chi connectivity index (χ2n) is 4.82. The van der Waals surface area contributed by atoms with Crippen LogP contribution in [0.15, 0.2) is 54.6 Å². The largest absolute Gasteiger partial charge is 0.491 e. The lowest BCUT2D eigenvalue weighted by Crippen LogP contribution is -2.12.